The molecule has 0 saturated carbocycles. The minimum atomic E-state index is -1.40. The van der Waals surface area contributed by atoms with E-state index in [4.69, 9.17) is 42.1 Å². The molecule has 1 aromatic rings. The zero-order chi connectivity index (χ0) is 21.2. The molecule has 2 rings (SSSR count). The van der Waals surface area contributed by atoms with Crippen LogP contribution in [0.2, 0.25) is 10.0 Å². The number of phenols is 2. The van der Waals surface area contributed by atoms with Crippen molar-refractivity contribution >= 4 is 29.2 Å². The van der Waals surface area contributed by atoms with Crippen molar-refractivity contribution in [1.29, 1.82) is 0 Å². The van der Waals surface area contributed by atoms with Crippen LogP contribution in [0.4, 0.5) is 0 Å². The van der Waals surface area contributed by atoms with Crippen LogP contribution in [0.1, 0.15) is 22.8 Å². The van der Waals surface area contributed by atoms with Crippen LogP contribution in [0.15, 0.2) is 0 Å². The van der Waals surface area contributed by atoms with Gasteiger partial charge in [0.2, 0.25) is 0 Å². The van der Waals surface area contributed by atoms with E-state index in [-0.39, 0.29) is 22.6 Å². The van der Waals surface area contributed by atoms with E-state index in [1.165, 1.54) is 14.2 Å². The van der Waals surface area contributed by atoms with Gasteiger partial charge in [-0.1, -0.05) is 30.1 Å². The predicted molar refractivity (Wildman–Crippen MR) is 97.9 cm³/mol. The molecule has 0 aliphatic carbocycles. The highest BCUT2D eigenvalue weighted by molar-refractivity contribution is 6.39. The summed E-state index contributed by atoms with van der Waals surface area (Å²) in [5, 5.41) is 39.5. The average molecular weight is 441 g/mol. The van der Waals surface area contributed by atoms with Crippen molar-refractivity contribution in [2.24, 2.45) is 0 Å². The lowest BCUT2D eigenvalue weighted by atomic mass is 9.98. The molecule has 9 nitrogen and oxygen atoms in total. The Hall–Kier alpha value is -1.33. The van der Waals surface area contributed by atoms with Crippen LogP contribution in [0, 0.1) is 0 Å². The van der Waals surface area contributed by atoms with Crippen molar-refractivity contribution in [2.45, 2.75) is 44.1 Å². The quantitative estimate of drug-likeness (QED) is 0.481. The van der Waals surface area contributed by atoms with Crippen LogP contribution in [0.5, 0.6) is 11.5 Å². The summed E-state index contributed by atoms with van der Waals surface area (Å²) in [7, 11) is 2.64. The predicted octanol–water partition coefficient (Wildman–Crippen LogP) is 1.23. The highest BCUT2D eigenvalue weighted by Crippen LogP contribution is 2.45. The number of aliphatic hydroxyl groups is 2. The van der Waals surface area contributed by atoms with Crippen molar-refractivity contribution in [3.8, 4) is 11.5 Å². The van der Waals surface area contributed by atoms with Crippen LogP contribution in [0.25, 0.3) is 0 Å². The molecule has 158 valence electrons. The van der Waals surface area contributed by atoms with Gasteiger partial charge in [-0.05, 0) is 12.0 Å². The van der Waals surface area contributed by atoms with E-state index in [1.807, 2.05) is 0 Å². The van der Waals surface area contributed by atoms with E-state index < -0.39 is 59.8 Å². The fraction of sp³-hybridized carbons (Fsp3) is 0.588. The summed E-state index contributed by atoms with van der Waals surface area (Å²) >= 11 is 11.9. The topological polar surface area (TPSA) is 135 Å². The van der Waals surface area contributed by atoms with E-state index in [9.17, 15) is 25.2 Å². The summed E-state index contributed by atoms with van der Waals surface area (Å²) in [5.74, 6) is -2.35. The van der Waals surface area contributed by atoms with E-state index >= 15 is 0 Å². The lowest BCUT2D eigenvalue weighted by molar-refractivity contribution is -0.298. The van der Waals surface area contributed by atoms with Gasteiger partial charge in [-0.15, -0.1) is 0 Å². The number of benzene rings is 1. The van der Waals surface area contributed by atoms with Gasteiger partial charge in [0.05, 0.1) is 11.6 Å². The Labute approximate surface area is 171 Å². The number of aliphatic hydroxyl groups excluding tert-OH is 2. The summed E-state index contributed by atoms with van der Waals surface area (Å²) in [6.45, 7) is 1.05. The Morgan fingerprint density at radius 3 is 2.25 bits per heavy atom. The van der Waals surface area contributed by atoms with Gasteiger partial charge in [0.15, 0.2) is 23.9 Å². The first kappa shape index (κ1) is 23.0. The molecule has 0 amide bonds. The molecule has 1 saturated heterocycles. The number of rotatable bonds is 6. The molecule has 28 heavy (non-hydrogen) atoms. The molecule has 0 aromatic heterocycles. The molecule has 0 radical (unpaired) electrons. The maximum atomic E-state index is 12.8. The van der Waals surface area contributed by atoms with Crippen LogP contribution in [0.3, 0.4) is 0 Å². The fourth-order valence-electron chi connectivity index (χ4n) is 3.08. The lowest BCUT2D eigenvalue weighted by Gasteiger charge is -2.42. The van der Waals surface area contributed by atoms with Crippen molar-refractivity contribution in [3.05, 3.63) is 21.2 Å². The molecule has 0 bridgehead atoms. The van der Waals surface area contributed by atoms with Crippen molar-refractivity contribution in [1.82, 2.24) is 0 Å². The number of ether oxygens (including phenoxy) is 4. The van der Waals surface area contributed by atoms with Crippen LogP contribution < -0.4 is 0 Å². The van der Waals surface area contributed by atoms with Gasteiger partial charge in [0, 0.05) is 14.2 Å². The maximum absolute atomic E-state index is 12.8. The van der Waals surface area contributed by atoms with Gasteiger partial charge in [0.1, 0.15) is 28.9 Å². The van der Waals surface area contributed by atoms with Crippen LogP contribution in [-0.2, 0) is 25.4 Å². The number of methoxy groups -OCH3 is 2. The molecule has 1 heterocycles. The monoisotopic (exact) mass is 440 g/mol. The SMILES string of the molecule is CCc1c(Cl)c(O)c(Cl)c(O)c1C(=O)O[C@@H]1[C@@H](O)[C@@H](OC)[C@@H](OC)O[C@H]1CO. The second-order valence-corrected chi connectivity index (χ2v) is 6.81. The normalized spacial score (nSPS) is 27.6. The molecule has 5 atom stereocenters. The molecule has 11 heteroatoms. The lowest BCUT2D eigenvalue weighted by Crippen LogP contribution is -2.60. The van der Waals surface area contributed by atoms with E-state index in [2.05, 4.69) is 0 Å². The van der Waals surface area contributed by atoms with Crippen LogP contribution >= 0.6 is 23.2 Å². The third-order valence-corrected chi connectivity index (χ3v) is 5.29. The molecule has 0 unspecified atom stereocenters. The Kier molecular flexibility index (Phi) is 7.74. The highest BCUT2D eigenvalue weighted by Gasteiger charge is 2.48. The number of carbonyl (C=O) groups excluding carboxylic acids is 1. The second kappa shape index (κ2) is 9.45. The summed E-state index contributed by atoms with van der Waals surface area (Å²) < 4.78 is 21.0. The van der Waals surface area contributed by atoms with Gasteiger partial charge < -0.3 is 39.4 Å². The van der Waals surface area contributed by atoms with E-state index in [0.29, 0.717) is 0 Å². The third kappa shape index (κ3) is 4.02. The molecule has 4 N–H and O–H groups in total. The van der Waals surface area contributed by atoms with E-state index in [1.54, 1.807) is 6.92 Å². The van der Waals surface area contributed by atoms with Crippen molar-refractivity contribution in [2.75, 3.05) is 20.8 Å². The summed E-state index contributed by atoms with van der Waals surface area (Å²) in [6.07, 6.45) is -5.70. The smallest absolute Gasteiger partial charge is 0.342 e. The molecule has 1 aromatic carbocycles. The highest BCUT2D eigenvalue weighted by atomic mass is 35.5. The number of hydrogen-bond acceptors (Lipinski definition) is 9. The number of phenolic OH excluding ortho intramolecular Hbond substituents is 2. The standard InChI is InChI=1S/C17H22Cl2O9/c1-4-6-8(11(21)10(19)12(22)9(6)18)16(24)28-14-7(5-20)27-17(26-3)15(25-2)13(14)23/h7,13-15,17,20-23H,4-5H2,1-3H3/t7-,13+,14-,15+,17-/m0/s1. The Bertz CT molecular complexity index is 727. The molecular weight excluding hydrogens is 419 g/mol. The average Bonchev–Trinajstić information content (AvgIpc) is 2.69. The first-order chi connectivity index (χ1) is 13.2. The minimum absolute atomic E-state index is 0.107. The number of carbonyl (C=O) groups is 1. The van der Waals surface area contributed by atoms with Gasteiger partial charge in [-0.3, -0.25) is 0 Å². The first-order valence-electron chi connectivity index (χ1n) is 8.36. The van der Waals surface area contributed by atoms with E-state index in [0.717, 1.165) is 0 Å². The third-order valence-electron chi connectivity index (χ3n) is 4.53. The van der Waals surface area contributed by atoms with Gasteiger partial charge in [-0.2, -0.15) is 0 Å². The summed E-state index contributed by atoms with van der Waals surface area (Å²) in [5.41, 5.74) is -0.252. The molecule has 0 spiro atoms. The summed E-state index contributed by atoms with van der Waals surface area (Å²) in [6, 6.07) is 0. The Morgan fingerprint density at radius 1 is 1.11 bits per heavy atom. The molecule has 1 aliphatic heterocycles. The van der Waals surface area contributed by atoms with Crippen molar-refractivity contribution in [3.63, 3.8) is 0 Å². The molecule has 1 aliphatic rings. The fourth-order valence-corrected chi connectivity index (χ4v) is 3.64. The number of hydrogen-bond donors (Lipinski definition) is 4. The van der Waals surface area contributed by atoms with Gasteiger partial charge in [-0.25, -0.2) is 4.79 Å². The van der Waals surface area contributed by atoms with Crippen LogP contribution in [-0.4, -0.2) is 77.9 Å². The zero-order valence-corrected chi connectivity index (χ0v) is 16.9. The molecular formula is C17H22Cl2O9. The van der Waals surface area contributed by atoms with Gasteiger partial charge in [0.25, 0.3) is 0 Å². The zero-order valence-electron chi connectivity index (χ0n) is 15.4. The minimum Gasteiger partial charge on any atom is -0.505 e. The number of halogens is 2. The van der Waals surface area contributed by atoms with Gasteiger partial charge >= 0.3 is 5.97 Å². The Morgan fingerprint density at radius 2 is 1.75 bits per heavy atom. The first-order valence-corrected chi connectivity index (χ1v) is 9.11. The molecule has 1 fully saturated rings. The summed E-state index contributed by atoms with van der Waals surface area (Å²) in [4.78, 5) is 12.8. The largest absolute Gasteiger partial charge is 0.505 e. The Balaban J connectivity index is 2.41. The number of aromatic hydroxyl groups is 2. The second-order valence-electron chi connectivity index (χ2n) is 6.05. The number of esters is 1. The van der Waals surface area contributed by atoms with Crippen molar-refractivity contribution < 1.29 is 44.2 Å². The maximum Gasteiger partial charge on any atom is 0.342 e.